The summed E-state index contributed by atoms with van der Waals surface area (Å²) in [6.07, 6.45) is 2.46. The first kappa shape index (κ1) is 7.65. The maximum absolute atomic E-state index is 5.33. The van der Waals surface area contributed by atoms with Gasteiger partial charge in [-0.3, -0.25) is 0 Å². The lowest BCUT2D eigenvalue weighted by Gasteiger charge is -1.98. The summed E-state index contributed by atoms with van der Waals surface area (Å²) in [6, 6.07) is 0. The van der Waals surface area contributed by atoms with Crippen molar-refractivity contribution in [3.05, 3.63) is 11.6 Å². The number of nitrogens with zero attached hydrogens (tertiary/aromatic N) is 1. The zero-order chi connectivity index (χ0) is 8.55. The van der Waals surface area contributed by atoms with E-state index in [1.54, 1.807) is 0 Å². The summed E-state index contributed by atoms with van der Waals surface area (Å²) in [5, 5.41) is 0. The van der Waals surface area contributed by atoms with Crippen LogP contribution in [0, 0.1) is 6.92 Å². The highest BCUT2D eigenvalue weighted by atomic mass is 16.6. The van der Waals surface area contributed by atoms with Crippen LogP contribution in [0.4, 0.5) is 0 Å². The van der Waals surface area contributed by atoms with Gasteiger partial charge in [0, 0.05) is 12.8 Å². The first-order valence-corrected chi connectivity index (χ1v) is 4.41. The second-order valence-electron chi connectivity index (χ2n) is 3.11. The Bertz CT molecular complexity index is 276. The van der Waals surface area contributed by atoms with E-state index in [2.05, 4.69) is 4.98 Å². The lowest BCUT2D eigenvalue weighted by Crippen LogP contribution is -1.93. The molecule has 0 saturated heterocycles. The van der Waals surface area contributed by atoms with Gasteiger partial charge in [0.2, 0.25) is 0 Å². The quantitative estimate of drug-likeness (QED) is 0.692. The zero-order valence-corrected chi connectivity index (χ0v) is 7.46. The van der Waals surface area contributed by atoms with Crippen LogP contribution >= 0.6 is 0 Å². The minimum absolute atomic E-state index is 0.601. The molecule has 1 fully saturated rings. The monoisotopic (exact) mass is 167 g/mol. The van der Waals surface area contributed by atoms with Gasteiger partial charge in [-0.05, 0) is 19.8 Å². The molecule has 0 unspecified atom stereocenters. The van der Waals surface area contributed by atoms with Crippen LogP contribution in [0.2, 0.25) is 0 Å². The van der Waals surface area contributed by atoms with Crippen LogP contribution in [-0.2, 0) is 0 Å². The van der Waals surface area contributed by atoms with E-state index in [-0.39, 0.29) is 0 Å². The summed E-state index contributed by atoms with van der Waals surface area (Å²) >= 11 is 0. The summed E-state index contributed by atoms with van der Waals surface area (Å²) in [4.78, 5) is 4.30. The molecule has 3 heteroatoms. The van der Waals surface area contributed by atoms with Crippen molar-refractivity contribution in [3.8, 4) is 5.95 Å². The number of aryl methyl sites for hydroxylation is 1. The van der Waals surface area contributed by atoms with Crippen molar-refractivity contribution in [1.82, 2.24) is 4.98 Å². The molecule has 1 aromatic heterocycles. The number of rotatable bonds is 3. The van der Waals surface area contributed by atoms with E-state index in [0.29, 0.717) is 24.4 Å². The fourth-order valence-corrected chi connectivity index (χ4v) is 1.27. The Morgan fingerprint density at radius 2 is 2.33 bits per heavy atom. The van der Waals surface area contributed by atoms with Crippen molar-refractivity contribution in [1.29, 1.82) is 0 Å². The van der Waals surface area contributed by atoms with Gasteiger partial charge in [-0.2, -0.15) is 0 Å². The van der Waals surface area contributed by atoms with Crippen molar-refractivity contribution in [2.75, 3.05) is 6.61 Å². The number of hydrogen-bond acceptors (Lipinski definition) is 3. The van der Waals surface area contributed by atoms with Gasteiger partial charge in [0.15, 0.2) is 5.89 Å². The molecule has 1 aliphatic carbocycles. The highest BCUT2D eigenvalue weighted by molar-refractivity contribution is 5.24. The molecule has 0 amide bonds. The van der Waals surface area contributed by atoms with E-state index < -0.39 is 0 Å². The van der Waals surface area contributed by atoms with Gasteiger partial charge < -0.3 is 9.15 Å². The summed E-state index contributed by atoms with van der Waals surface area (Å²) in [7, 11) is 0. The Kier molecular flexibility index (Phi) is 1.79. The van der Waals surface area contributed by atoms with Gasteiger partial charge in [0.05, 0.1) is 6.61 Å². The second kappa shape index (κ2) is 2.81. The maximum Gasteiger partial charge on any atom is 0.308 e. The Balaban J connectivity index is 2.24. The topological polar surface area (TPSA) is 35.3 Å². The van der Waals surface area contributed by atoms with Crippen molar-refractivity contribution < 1.29 is 9.15 Å². The van der Waals surface area contributed by atoms with Crippen LogP contribution < -0.4 is 4.74 Å². The van der Waals surface area contributed by atoms with E-state index in [1.807, 2.05) is 13.8 Å². The average molecular weight is 167 g/mol. The molecule has 0 atom stereocenters. The van der Waals surface area contributed by atoms with E-state index in [1.165, 1.54) is 12.8 Å². The van der Waals surface area contributed by atoms with E-state index in [4.69, 9.17) is 9.15 Å². The molecule has 1 aromatic rings. The van der Waals surface area contributed by atoms with Crippen molar-refractivity contribution in [2.45, 2.75) is 32.6 Å². The van der Waals surface area contributed by atoms with Crippen LogP contribution in [0.25, 0.3) is 0 Å². The van der Waals surface area contributed by atoms with Crippen LogP contribution in [0.15, 0.2) is 4.42 Å². The number of hydrogen-bond donors (Lipinski definition) is 0. The van der Waals surface area contributed by atoms with Gasteiger partial charge in [0.1, 0.15) is 5.69 Å². The van der Waals surface area contributed by atoms with Gasteiger partial charge >= 0.3 is 5.95 Å². The molecular formula is C9H13NO2. The highest BCUT2D eigenvalue weighted by Crippen LogP contribution is 2.43. The molecule has 1 heterocycles. The lowest BCUT2D eigenvalue weighted by molar-refractivity contribution is 0.249. The molecule has 2 rings (SSSR count). The average Bonchev–Trinajstić information content (AvgIpc) is 2.79. The summed E-state index contributed by atoms with van der Waals surface area (Å²) < 4.78 is 10.7. The Hall–Kier alpha value is -0.990. The molecule has 12 heavy (non-hydrogen) atoms. The predicted octanol–water partition coefficient (Wildman–Crippen LogP) is 2.26. The Labute approximate surface area is 71.7 Å². The molecule has 0 aromatic carbocycles. The molecule has 0 spiro atoms. The highest BCUT2D eigenvalue weighted by Gasteiger charge is 2.31. The third-order valence-electron chi connectivity index (χ3n) is 1.97. The summed E-state index contributed by atoms with van der Waals surface area (Å²) in [5.74, 6) is 1.95. The van der Waals surface area contributed by atoms with Crippen LogP contribution in [0.5, 0.6) is 5.95 Å². The molecule has 0 radical (unpaired) electrons. The third-order valence-corrected chi connectivity index (χ3v) is 1.97. The van der Waals surface area contributed by atoms with Crippen molar-refractivity contribution >= 4 is 0 Å². The molecule has 0 bridgehead atoms. The van der Waals surface area contributed by atoms with Gasteiger partial charge in [0.25, 0.3) is 0 Å². The SMILES string of the molecule is CCOc1oc(C)nc1C1CC1. The minimum Gasteiger partial charge on any atom is -0.464 e. The predicted molar refractivity (Wildman–Crippen MR) is 44.4 cm³/mol. The second-order valence-corrected chi connectivity index (χ2v) is 3.11. The lowest BCUT2D eigenvalue weighted by atomic mass is 10.3. The molecule has 0 aliphatic heterocycles. The van der Waals surface area contributed by atoms with Gasteiger partial charge in [-0.15, -0.1) is 0 Å². The van der Waals surface area contributed by atoms with Crippen LogP contribution in [0.1, 0.15) is 37.3 Å². The van der Waals surface area contributed by atoms with Crippen molar-refractivity contribution in [3.63, 3.8) is 0 Å². The van der Waals surface area contributed by atoms with Crippen molar-refractivity contribution in [2.24, 2.45) is 0 Å². The normalized spacial score (nSPS) is 16.5. The first-order chi connectivity index (χ1) is 5.81. The van der Waals surface area contributed by atoms with Gasteiger partial charge in [-0.25, -0.2) is 4.98 Å². The van der Waals surface area contributed by atoms with Crippen LogP contribution in [0.3, 0.4) is 0 Å². The Morgan fingerprint density at radius 1 is 1.58 bits per heavy atom. The van der Waals surface area contributed by atoms with E-state index >= 15 is 0 Å². The smallest absolute Gasteiger partial charge is 0.308 e. The minimum atomic E-state index is 0.601. The molecule has 1 saturated carbocycles. The number of aromatic nitrogens is 1. The molecule has 1 aliphatic rings. The zero-order valence-electron chi connectivity index (χ0n) is 7.46. The van der Waals surface area contributed by atoms with Gasteiger partial charge in [-0.1, -0.05) is 0 Å². The van der Waals surface area contributed by atoms with Crippen LogP contribution in [-0.4, -0.2) is 11.6 Å². The summed E-state index contributed by atoms with van der Waals surface area (Å²) in [5.41, 5.74) is 1.02. The van der Waals surface area contributed by atoms with E-state index in [0.717, 1.165) is 5.69 Å². The molecule has 0 N–H and O–H groups in total. The molecule has 3 nitrogen and oxygen atoms in total. The molecule has 66 valence electrons. The largest absolute Gasteiger partial charge is 0.464 e. The third kappa shape index (κ3) is 1.31. The maximum atomic E-state index is 5.33. The molecular weight excluding hydrogens is 154 g/mol. The fourth-order valence-electron chi connectivity index (χ4n) is 1.27. The fraction of sp³-hybridized carbons (Fsp3) is 0.667. The number of oxazole rings is 1. The Morgan fingerprint density at radius 3 is 2.92 bits per heavy atom. The first-order valence-electron chi connectivity index (χ1n) is 4.41. The summed E-state index contributed by atoms with van der Waals surface area (Å²) in [6.45, 7) is 4.46. The number of ether oxygens (including phenoxy) is 1. The standard InChI is InChI=1S/C9H13NO2/c1-3-11-9-8(7-4-5-7)10-6(2)12-9/h7H,3-5H2,1-2H3. The van der Waals surface area contributed by atoms with E-state index in [9.17, 15) is 0 Å².